The molecule has 0 atom stereocenters. The average molecular weight is 276 g/mol. The number of rotatable bonds is 5. The first-order valence-corrected chi connectivity index (χ1v) is 6.86. The average Bonchev–Trinajstić information content (AvgIpc) is 2.48. The van der Waals surface area contributed by atoms with Crippen LogP contribution in [0.5, 0.6) is 5.88 Å². The monoisotopic (exact) mass is 276 g/mol. The number of urea groups is 1. The van der Waals surface area contributed by atoms with Crippen molar-refractivity contribution in [1.82, 2.24) is 20.6 Å². The van der Waals surface area contributed by atoms with Crippen molar-refractivity contribution in [2.45, 2.75) is 37.8 Å². The van der Waals surface area contributed by atoms with Crippen molar-refractivity contribution in [1.29, 1.82) is 0 Å². The summed E-state index contributed by atoms with van der Waals surface area (Å²) in [5.41, 5.74) is 0. The quantitative estimate of drug-likeness (QED) is 0.802. The molecule has 0 saturated heterocycles. The number of nitrogens with zero attached hydrogens (tertiary/aromatic N) is 2. The third kappa shape index (κ3) is 4.53. The van der Waals surface area contributed by atoms with Gasteiger partial charge in [0.25, 0.3) is 0 Å². The fourth-order valence-electron chi connectivity index (χ4n) is 2.24. The third-order valence-corrected chi connectivity index (χ3v) is 3.24. The van der Waals surface area contributed by atoms with Crippen LogP contribution in [0.1, 0.15) is 25.7 Å². The van der Waals surface area contributed by atoms with Gasteiger partial charge >= 0.3 is 6.03 Å². The molecule has 0 aromatic carbocycles. The summed E-state index contributed by atoms with van der Waals surface area (Å²) in [7, 11) is 0. The maximum absolute atomic E-state index is 11.5. The maximum atomic E-state index is 11.5. The minimum Gasteiger partial charge on any atom is -0.473 e. The smallest absolute Gasteiger partial charge is 0.315 e. The molecule has 2 amide bonds. The van der Waals surface area contributed by atoms with Gasteiger partial charge in [-0.25, -0.2) is 9.78 Å². The highest BCUT2D eigenvalue weighted by atomic mass is 16.5. The van der Waals surface area contributed by atoms with Gasteiger partial charge in [-0.15, -0.1) is 6.58 Å². The van der Waals surface area contributed by atoms with E-state index in [1.807, 2.05) is 0 Å². The van der Waals surface area contributed by atoms with E-state index in [1.165, 1.54) is 0 Å². The second kappa shape index (κ2) is 7.47. The predicted molar refractivity (Wildman–Crippen MR) is 75.4 cm³/mol. The zero-order chi connectivity index (χ0) is 14.2. The molecule has 2 N–H and O–H groups in total. The third-order valence-electron chi connectivity index (χ3n) is 3.24. The van der Waals surface area contributed by atoms with E-state index < -0.39 is 0 Å². The van der Waals surface area contributed by atoms with Crippen LogP contribution in [-0.4, -0.2) is 34.7 Å². The first-order chi connectivity index (χ1) is 9.78. The molecule has 1 aromatic heterocycles. The van der Waals surface area contributed by atoms with Gasteiger partial charge < -0.3 is 15.4 Å². The summed E-state index contributed by atoms with van der Waals surface area (Å²) in [4.78, 5) is 19.6. The van der Waals surface area contributed by atoms with E-state index in [1.54, 1.807) is 24.7 Å². The Balaban J connectivity index is 1.70. The summed E-state index contributed by atoms with van der Waals surface area (Å²) < 4.78 is 5.76. The number of nitrogens with one attached hydrogen (secondary N) is 2. The highest BCUT2D eigenvalue weighted by molar-refractivity contribution is 5.74. The number of ether oxygens (including phenoxy) is 1. The van der Waals surface area contributed by atoms with Crippen LogP contribution in [0.15, 0.2) is 31.2 Å². The predicted octanol–water partition coefficient (Wildman–Crippen LogP) is 1.65. The fourth-order valence-corrected chi connectivity index (χ4v) is 2.24. The van der Waals surface area contributed by atoms with Gasteiger partial charge in [-0.3, -0.25) is 4.98 Å². The molecule has 0 spiro atoms. The molecule has 1 aliphatic rings. The van der Waals surface area contributed by atoms with E-state index in [2.05, 4.69) is 27.2 Å². The molecule has 0 aliphatic heterocycles. The molecule has 1 heterocycles. The largest absolute Gasteiger partial charge is 0.473 e. The van der Waals surface area contributed by atoms with Crippen molar-refractivity contribution in [2.75, 3.05) is 6.54 Å². The van der Waals surface area contributed by atoms with Gasteiger partial charge in [0.15, 0.2) is 0 Å². The van der Waals surface area contributed by atoms with E-state index in [0.717, 1.165) is 25.7 Å². The van der Waals surface area contributed by atoms with Crippen molar-refractivity contribution in [3.8, 4) is 5.88 Å². The molecule has 1 fully saturated rings. The number of amides is 2. The van der Waals surface area contributed by atoms with Gasteiger partial charge in [-0.1, -0.05) is 6.08 Å². The molecular weight excluding hydrogens is 256 g/mol. The highest BCUT2D eigenvalue weighted by Gasteiger charge is 2.23. The molecule has 0 radical (unpaired) electrons. The summed E-state index contributed by atoms with van der Waals surface area (Å²) >= 11 is 0. The standard InChI is InChI=1S/C14H20N4O2/c1-2-7-17-14(19)18-11-3-5-12(6-4-11)20-13-10-15-8-9-16-13/h2,8-12H,1,3-7H2,(H2,17,18,19). The number of carbonyl (C=O) groups excluding carboxylic acids is 1. The Labute approximate surface area is 118 Å². The lowest BCUT2D eigenvalue weighted by molar-refractivity contribution is 0.134. The molecule has 1 saturated carbocycles. The minimum atomic E-state index is -0.136. The fraction of sp³-hybridized carbons (Fsp3) is 0.500. The lowest BCUT2D eigenvalue weighted by atomic mass is 9.93. The molecule has 1 aliphatic carbocycles. The Hall–Kier alpha value is -2.11. The van der Waals surface area contributed by atoms with E-state index in [4.69, 9.17) is 4.74 Å². The highest BCUT2D eigenvalue weighted by Crippen LogP contribution is 2.22. The van der Waals surface area contributed by atoms with Crippen molar-refractivity contribution in [3.63, 3.8) is 0 Å². The molecule has 108 valence electrons. The Morgan fingerprint density at radius 1 is 1.40 bits per heavy atom. The topological polar surface area (TPSA) is 76.1 Å². The van der Waals surface area contributed by atoms with E-state index in [0.29, 0.717) is 12.4 Å². The second-order valence-corrected chi connectivity index (χ2v) is 4.78. The normalized spacial score (nSPS) is 21.8. The minimum absolute atomic E-state index is 0.136. The van der Waals surface area contributed by atoms with Crippen molar-refractivity contribution < 1.29 is 9.53 Å². The van der Waals surface area contributed by atoms with Gasteiger partial charge in [0.05, 0.1) is 6.20 Å². The Morgan fingerprint density at radius 2 is 2.20 bits per heavy atom. The number of hydrogen-bond donors (Lipinski definition) is 2. The number of hydrogen-bond acceptors (Lipinski definition) is 4. The summed E-state index contributed by atoms with van der Waals surface area (Å²) in [6, 6.07) is 0.0738. The van der Waals surface area contributed by atoms with Crippen LogP contribution in [0.4, 0.5) is 4.79 Å². The summed E-state index contributed by atoms with van der Waals surface area (Å²) in [5, 5.41) is 5.67. The summed E-state index contributed by atoms with van der Waals surface area (Å²) in [6.45, 7) is 4.04. The van der Waals surface area contributed by atoms with Crippen LogP contribution in [0.3, 0.4) is 0 Å². The van der Waals surface area contributed by atoms with Crippen LogP contribution < -0.4 is 15.4 Å². The lowest BCUT2D eigenvalue weighted by Gasteiger charge is -2.29. The van der Waals surface area contributed by atoms with Crippen LogP contribution in [0.2, 0.25) is 0 Å². The number of carbonyl (C=O) groups is 1. The summed E-state index contributed by atoms with van der Waals surface area (Å²) in [6.07, 6.45) is 10.3. The van der Waals surface area contributed by atoms with Gasteiger partial charge in [0, 0.05) is 25.0 Å². The van der Waals surface area contributed by atoms with E-state index in [9.17, 15) is 4.79 Å². The van der Waals surface area contributed by atoms with Crippen molar-refractivity contribution in [2.24, 2.45) is 0 Å². The van der Waals surface area contributed by atoms with E-state index in [-0.39, 0.29) is 18.2 Å². The SMILES string of the molecule is C=CCNC(=O)NC1CCC(Oc2cnccn2)CC1. The van der Waals surface area contributed by atoms with Gasteiger partial charge in [0.2, 0.25) is 5.88 Å². The molecule has 1 aromatic rings. The van der Waals surface area contributed by atoms with Crippen molar-refractivity contribution in [3.05, 3.63) is 31.2 Å². The van der Waals surface area contributed by atoms with Crippen molar-refractivity contribution >= 4 is 6.03 Å². The van der Waals surface area contributed by atoms with Gasteiger partial charge in [-0.05, 0) is 25.7 Å². The lowest BCUT2D eigenvalue weighted by Crippen LogP contribution is -2.44. The Morgan fingerprint density at radius 3 is 2.85 bits per heavy atom. The molecule has 0 unspecified atom stereocenters. The van der Waals surface area contributed by atoms with Crippen LogP contribution in [0, 0.1) is 0 Å². The molecule has 6 nitrogen and oxygen atoms in total. The zero-order valence-electron chi connectivity index (χ0n) is 11.4. The van der Waals surface area contributed by atoms with Crippen LogP contribution in [0.25, 0.3) is 0 Å². The number of aromatic nitrogens is 2. The van der Waals surface area contributed by atoms with Gasteiger partial charge in [-0.2, -0.15) is 0 Å². The van der Waals surface area contributed by atoms with Crippen LogP contribution >= 0.6 is 0 Å². The Kier molecular flexibility index (Phi) is 5.34. The maximum Gasteiger partial charge on any atom is 0.315 e. The summed E-state index contributed by atoms with van der Waals surface area (Å²) in [5.74, 6) is 0.563. The molecular formula is C14H20N4O2. The van der Waals surface area contributed by atoms with Crippen LogP contribution in [-0.2, 0) is 0 Å². The Bertz CT molecular complexity index is 430. The molecule has 0 bridgehead atoms. The molecule has 2 rings (SSSR count). The first-order valence-electron chi connectivity index (χ1n) is 6.86. The molecule has 20 heavy (non-hydrogen) atoms. The first kappa shape index (κ1) is 14.3. The van der Waals surface area contributed by atoms with Gasteiger partial charge in [0.1, 0.15) is 6.10 Å². The molecule has 6 heteroatoms. The second-order valence-electron chi connectivity index (χ2n) is 4.78. The van der Waals surface area contributed by atoms with E-state index >= 15 is 0 Å². The zero-order valence-corrected chi connectivity index (χ0v) is 11.4.